The lowest BCUT2D eigenvalue weighted by Crippen LogP contribution is -2.38. The molecule has 0 saturated heterocycles. The van der Waals surface area contributed by atoms with Gasteiger partial charge in [-0.2, -0.15) is 0 Å². The summed E-state index contributed by atoms with van der Waals surface area (Å²) in [6.45, 7) is 2.39. The average Bonchev–Trinajstić information content (AvgIpc) is 2.93. The van der Waals surface area contributed by atoms with E-state index < -0.39 is 10.0 Å². The van der Waals surface area contributed by atoms with Crippen LogP contribution in [-0.4, -0.2) is 40.0 Å². The summed E-state index contributed by atoms with van der Waals surface area (Å²) in [6.07, 6.45) is 6.15. The highest BCUT2D eigenvalue weighted by atomic mass is 32.2. The van der Waals surface area contributed by atoms with Gasteiger partial charge in [0.25, 0.3) is 5.91 Å². The Bertz CT molecular complexity index is 635. The first-order chi connectivity index (χ1) is 11.4. The van der Waals surface area contributed by atoms with E-state index >= 15 is 0 Å². The summed E-state index contributed by atoms with van der Waals surface area (Å²) in [7, 11) is -1.85. The molecule has 1 aliphatic rings. The summed E-state index contributed by atoms with van der Waals surface area (Å²) in [5.41, 5.74) is 0. The highest BCUT2D eigenvalue weighted by Gasteiger charge is 2.27. The smallest absolute Gasteiger partial charge is 0.262 e. The molecule has 1 aliphatic carbocycles. The Morgan fingerprint density at radius 3 is 2.58 bits per heavy atom. The van der Waals surface area contributed by atoms with Crippen LogP contribution in [0.5, 0.6) is 0 Å². The first-order valence-electron chi connectivity index (χ1n) is 8.49. The number of sulfonamides is 1. The molecule has 1 heterocycles. The Morgan fingerprint density at radius 1 is 1.29 bits per heavy atom. The molecule has 0 aliphatic heterocycles. The highest BCUT2D eigenvalue weighted by molar-refractivity contribution is 7.89. The van der Waals surface area contributed by atoms with Gasteiger partial charge in [0.2, 0.25) is 10.0 Å². The van der Waals surface area contributed by atoms with Gasteiger partial charge in [-0.25, -0.2) is 13.1 Å². The molecule has 1 amide bonds. The maximum atomic E-state index is 12.7. The van der Waals surface area contributed by atoms with Crippen LogP contribution in [0.3, 0.4) is 0 Å². The molecule has 0 spiro atoms. The van der Waals surface area contributed by atoms with Gasteiger partial charge in [-0.15, -0.1) is 11.3 Å². The molecule has 1 fully saturated rings. The van der Waals surface area contributed by atoms with Gasteiger partial charge in [0.05, 0.1) is 0 Å². The number of hydrogen-bond donors (Lipinski definition) is 3. The fourth-order valence-corrected chi connectivity index (χ4v) is 5.43. The second kappa shape index (κ2) is 8.94. The zero-order valence-corrected chi connectivity index (χ0v) is 15.9. The minimum atomic E-state index is -3.67. The summed E-state index contributed by atoms with van der Waals surface area (Å²) in [6, 6.07) is 1.61. The topological polar surface area (TPSA) is 87.3 Å². The van der Waals surface area contributed by atoms with Crippen molar-refractivity contribution in [1.82, 2.24) is 15.4 Å². The molecule has 1 aromatic rings. The van der Waals surface area contributed by atoms with Crippen LogP contribution in [0.2, 0.25) is 0 Å². The molecule has 136 valence electrons. The van der Waals surface area contributed by atoms with E-state index in [2.05, 4.69) is 15.4 Å². The average molecular weight is 374 g/mol. The molecular formula is C16H27N3O3S2. The lowest BCUT2D eigenvalue weighted by molar-refractivity contribution is 0.0951. The van der Waals surface area contributed by atoms with Crippen molar-refractivity contribution in [1.29, 1.82) is 0 Å². The molecule has 3 N–H and O–H groups in total. The molecule has 0 aromatic carbocycles. The van der Waals surface area contributed by atoms with Crippen molar-refractivity contribution in [3.8, 4) is 0 Å². The Hall–Kier alpha value is -0.960. The third kappa shape index (κ3) is 5.27. The molecule has 8 heteroatoms. The number of thiophene rings is 1. The molecule has 2 rings (SSSR count). The van der Waals surface area contributed by atoms with Crippen LogP contribution < -0.4 is 15.4 Å². The summed E-state index contributed by atoms with van der Waals surface area (Å²) >= 11 is 1.16. The molecule has 6 nitrogen and oxygen atoms in total. The molecule has 24 heavy (non-hydrogen) atoms. The van der Waals surface area contributed by atoms with Crippen molar-refractivity contribution < 1.29 is 13.2 Å². The van der Waals surface area contributed by atoms with Crippen molar-refractivity contribution in [2.45, 2.75) is 62.4 Å². The SMILES string of the molecule is CNC(C)CNC(=O)c1sccc1S(=O)(=O)NC1CCCCCC1. The molecule has 1 saturated carbocycles. The Kier molecular flexibility index (Phi) is 7.21. The number of carbonyl (C=O) groups excluding carboxylic acids is 1. The predicted molar refractivity (Wildman–Crippen MR) is 97.0 cm³/mol. The Morgan fingerprint density at radius 2 is 1.96 bits per heavy atom. The van der Waals surface area contributed by atoms with Crippen LogP contribution in [0.25, 0.3) is 0 Å². The molecule has 1 aromatic heterocycles. The van der Waals surface area contributed by atoms with Crippen molar-refractivity contribution >= 4 is 27.3 Å². The summed E-state index contributed by atoms with van der Waals surface area (Å²) < 4.78 is 28.2. The van der Waals surface area contributed by atoms with E-state index in [0.717, 1.165) is 49.9 Å². The van der Waals surface area contributed by atoms with Crippen molar-refractivity contribution in [2.24, 2.45) is 0 Å². The van der Waals surface area contributed by atoms with Gasteiger partial charge in [0, 0.05) is 18.6 Å². The molecule has 0 radical (unpaired) electrons. The van der Waals surface area contributed by atoms with E-state index in [9.17, 15) is 13.2 Å². The fourth-order valence-electron chi connectivity index (χ4n) is 2.78. The number of carbonyl (C=O) groups is 1. The minimum absolute atomic E-state index is 0.0300. The maximum Gasteiger partial charge on any atom is 0.262 e. The van der Waals surface area contributed by atoms with Crippen LogP contribution in [0.4, 0.5) is 0 Å². The lowest BCUT2D eigenvalue weighted by Gasteiger charge is -2.17. The van der Waals surface area contributed by atoms with E-state index in [1.165, 1.54) is 6.07 Å². The number of likely N-dealkylation sites (N-methyl/N-ethyl adjacent to an activating group) is 1. The van der Waals surface area contributed by atoms with Gasteiger partial charge in [-0.3, -0.25) is 4.79 Å². The quantitative estimate of drug-likeness (QED) is 0.639. The first kappa shape index (κ1) is 19.4. The van der Waals surface area contributed by atoms with E-state index in [1.807, 2.05) is 14.0 Å². The zero-order valence-electron chi connectivity index (χ0n) is 14.3. The van der Waals surface area contributed by atoms with Crippen LogP contribution in [0, 0.1) is 0 Å². The van der Waals surface area contributed by atoms with Crippen molar-refractivity contribution in [3.05, 3.63) is 16.3 Å². The zero-order chi connectivity index (χ0) is 17.6. The molecular weight excluding hydrogens is 346 g/mol. The van der Waals surface area contributed by atoms with Gasteiger partial charge >= 0.3 is 0 Å². The van der Waals surface area contributed by atoms with E-state index in [1.54, 1.807) is 5.38 Å². The van der Waals surface area contributed by atoms with Crippen LogP contribution in [-0.2, 0) is 10.0 Å². The van der Waals surface area contributed by atoms with Crippen molar-refractivity contribution in [2.75, 3.05) is 13.6 Å². The van der Waals surface area contributed by atoms with E-state index in [4.69, 9.17) is 0 Å². The molecule has 1 unspecified atom stereocenters. The summed E-state index contributed by atoms with van der Waals surface area (Å²) in [5, 5.41) is 7.46. The number of nitrogens with one attached hydrogen (secondary N) is 3. The summed E-state index contributed by atoms with van der Waals surface area (Å²) in [4.78, 5) is 12.7. The van der Waals surface area contributed by atoms with Gasteiger partial charge in [0.1, 0.15) is 9.77 Å². The van der Waals surface area contributed by atoms with Crippen molar-refractivity contribution in [3.63, 3.8) is 0 Å². The second-order valence-corrected chi connectivity index (χ2v) is 8.92. The third-order valence-corrected chi connectivity index (χ3v) is 6.97. The molecule has 1 atom stereocenters. The van der Waals surface area contributed by atoms with Gasteiger partial charge in [-0.1, -0.05) is 25.7 Å². The first-order valence-corrected chi connectivity index (χ1v) is 10.9. The predicted octanol–water partition coefficient (Wildman–Crippen LogP) is 2.09. The monoisotopic (exact) mass is 373 g/mol. The Balaban J connectivity index is 2.07. The second-order valence-electron chi connectivity index (χ2n) is 6.32. The maximum absolute atomic E-state index is 12.7. The van der Waals surface area contributed by atoms with Crippen LogP contribution in [0.1, 0.15) is 55.1 Å². The largest absolute Gasteiger partial charge is 0.350 e. The van der Waals surface area contributed by atoms with E-state index in [-0.39, 0.29) is 27.8 Å². The number of hydrogen-bond acceptors (Lipinski definition) is 5. The Labute approximate surface area is 148 Å². The molecule has 0 bridgehead atoms. The summed E-state index contributed by atoms with van der Waals surface area (Å²) in [5.74, 6) is -0.339. The highest BCUT2D eigenvalue weighted by Crippen LogP contribution is 2.24. The lowest BCUT2D eigenvalue weighted by atomic mass is 10.1. The van der Waals surface area contributed by atoms with E-state index in [0.29, 0.717) is 6.54 Å². The normalized spacial score (nSPS) is 18.1. The standard InChI is InChI=1S/C16H27N3O3S2/c1-12(17-2)11-18-16(20)15-14(9-10-23-15)24(21,22)19-13-7-5-3-4-6-8-13/h9-10,12-13,17,19H,3-8,11H2,1-2H3,(H,18,20). The minimum Gasteiger partial charge on any atom is -0.350 e. The van der Waals surface area contributed by atoms with Crippen LogP contribution in [0.15, 0.2) is 16.3 Å². The van der Waals surface area contributed by atoms with Gasteiger partial charge < -0.3 is 10.6 Å². The third-order valence-electron chi connectivity index (χ3n) is 4.36. The number of rotatable bonds is 7. The van der Waals surface area contributed by atoms with Crippen LogP contribution >= 0.6 is 11.3 Å². The van der Waals surface area contributed by atoms with Gasteiger partial charge in [0.15, 0.2) is 0 Å². The fraction of sp³-hybridized carbons (Fsp3) is 0.688. The number of amides is 1. The van der Waals surface area contributed by atoms with Gasteiger partial charge in [-0.05, 0) is 38.3 Å².